The lowest BCUT2D eigenvalue weighted by Crippen LogP contribution is -2.34. The number of ether oxygens (including phenoxy) is 1. The number of halogens is 2. The number of hydrogen-bond acceptors (Lipinski definition) is 4. The molecule has 0 N–H and O–H groups in total. The predicted octanol–water partition coefficient (Wildman–Crippen LogP) is 4.80. The molecule has 0 bridgehead atoms. The Bertz CT molecular complexity index is 990. The molecule has 150 valence electrons. The maximum Gasteiger partial charge on any atom is 0.261 e. The highest BCUT2D eigenvalue weighted by molar-refractivity contribution is 6.30. The third-order valence-electron chi connectivity index (χ3n) is 4.88. The summed E-state index contributed by atoms with van der Waals surface area (Å²) in [4.78, 5) is 18.8. The van der Waals surface area contributed by atoms with Crippen molar-refractivity contribution in [2.75, 3.05) is 13.2 Å². The van der Waals surface area contributed by atoms with Crippen LogP contribution in [-0.2, 0) is 11.2 Å². The van der Waals surface area contributed by atoms with Gasteiger partial charge in [0.25, 0.3) is 5.91 Å². The van der Waals surface area contributed by atoms with Crippen LogP contribution < -0.4 is 4.74 Å². The van der Waals surface area contributed by atoms with Crippen LogP contribution in [0.15, 0.2) is 59.1 Å². The Morgan fingerprint density at radius 3 is 2.90 bits per heavy atom. The second kappa shape index (κ2) is 8.66. The fourth-order valence-electron chi connectivity index (χ4n) is 3.47. The van der Waals surface area contributed by atoms with Gasteiger partial charge in [-0.1, -0.05) is 29.8 Å². The molecule has 29 heavy (non-hydrogen) atoms. The standard InChI is InChI=1S/C22H20ClFN2O3/c23-16-8-6-15(7-9-16)11-19-13-25-22(29-19)20-5-2-10-26(20)21(27)14-28-18-4-1-3-17(24)12-18/h1,3-4,6-9,12-13,20H,2,5,10-11,14H2. The molecule has 0 aliphatic carbocycles. The van der Waals surface area contributed by atoms with Crippen molar-refractivity contribution in [1.82, 2.24) is 9.88 Å². The first-order chi connectivity index (χ1) is 14.1. The van der Waals surface area contributed by atoms with Gasteiger partial charge in [-0.2, -0.15) is 0 Å². The lowest BCUT2D eigenvalue weighted by Gasteiger charge is -2.22. The van der Waals surface area contributed by atoms with Crippen molar-refractivity contribution in [3.63, 3.8) is 0 Å². The minimum absolute atomic E-state index is 0.154. The van der Waals surface area contributed by atoms with Gasteiger partial charge in [0.2, 0.25) is 5.89 Å². The van der Waals surface area contributed by atoms with E-state index in [1.807, 2.05) is 24.3 Å². The number of nitrogens with zero attached hydrogens (tertiary/aromatic N) is 2. The summed E-state index contributed by atoms with van der Waals surface area (Å²) in [5.41, 5.74) is 1.07. The summed E-state index contributed by atoms with van der Waals surface area (Å²) in [6.45, 7) is 0.462. The molecule has 1 amide bonds. The summed E-state index contributed by atoms with van der Waals surface area (Å²) in [7, 11) is 0. The van der Waals surface area contributed by atoms with Crippen LogP contribution in [0.25, 0.3) is 0 Å². The molecule has 2 heterocycles. The van der Waals surface area contributed by atoms with Crippen LogP contribution in [0.3, 0.4) is 0 Å². The number of carbonyl (C=O) groups excluding carboxylic acids is 1. The van der Waals surface area contributed by atoms with E-state index < -0.39 is 5.82 Å². The maximum atomic E-state index is 13.3. The average Bonchev–Trinajstić information content (AvgIpc) is 3.37. The highest BCUT2D eigenvalue weighted by Crippen LogP contribution is 2.32. The molecule has 0 saturated carbocycles. The van der Waals surface area contributed by atoms with E-state index in [4.69, 9.17) is 20.8 Å². The second-order valence-corrected chi connectivity index (χ2v) is 7.40. The van der Waals surface area contributed by atoms with Crippen molar-refractivity contribution >= 4 is 17.5 Å². The summed E-state index contributed by atoms with van der Waals surface area (Å²) < 4.78 is 24.6. The quantitative estimate of drug-likeness (QED) is 0.581. The first-order valence-electron chi connectivity index (χ1n) is 9.45. The molecule has 1 aromatic heterocycles. The first-order valence-corrected chi connectivity index (χ1v) is 9.83. The van der Waals surface area contributed by atoms with Gasteiger partial charge in [0.05, 0.1) is 6.20 Å². The van der Waals surface area contributed by atoms with Gasteiger partial charge in [0.1, 0.15) is 23.4 Å². The van der Waals surface area contributed by atoms with Crippen LogP contribution in [0, 0.1) is 5.82 Å². The average molecular weight is 415 g/mol. The molecule has 4 rings (SSSR count). The molecule has 3 aromatic rings. The number of aromatic nitrogens is 1. The van der Waals surface area contributed by atoms with Crippen LogP contribution in [0.5, 0.6) is 5.75 Å². The largest absolute Gasteiger partial charge is 0.484 e. The topological polar surface area (TPSA) is 55.6 Å². The zero-order valence-corrected chi connectivity index (χ0v) is 16.4. The molecular formula is C22H20ClFN2O3. The van der Waals surface area contributed by atoms with E-state index in [-0.39, 0.29) is 18.6 Å². The van der Waals surface area contributed by atoms with Crippen LogP contribution in [0.1, 0.15) is 36.1 Å². The predicted molar refractivity (Wildman–Crippen MR) is 106 cm³/mol. The van der Waals surface area contributed by atoms with Gasteiger partial charge >= 0.3 is 0 Å². The number of oxazole rings is 1. The fourth-order valence-corrected chi connectivity index (χ4v) is 3.59. The van der Waals surface area contributed by atoms with Crippen LogP contribution in [0.2, 0.25) is 5.02 Å². The van der Waals surface area contributed by atoms with Crippen molar-refractivity contribution in [2.24, 2.45) is 0 Å². The Hall–Kier alpha value is -2.86. The molecular weight excluding hydrogens is 395 g/mol. The zero-order valence-electron chi connectivity index (χ0n) is 15.7. The van der Waals surface area contributed by atoms with E-state index in [1.54, 1.807) is 23.2 Å². The van der Waals surface area contributed by atoms with Gasteiger partial charge in [0, 0.05) is 24.1 Å². The fraction of sp³-hybridized carbons (Fsp3) is 0.273. The molecule has 1 saturated heterocycles. The first kappa shape index (κ1) is 19.5. The minimum atomic E-state index is -0.401. The number of hydrogen-bond donors (Lipinski definition) is 0. The van der Waals surface area contributed by atoms with Gasteiger partial charge < -0.3 is 14.1 Å². The van der Waals surface area contributed by atoms with Gasteiger partial charge in [-0.15, -0.1) is 0 Å². The number of likely N-dealkylation sites (tertiary alicyclic amines) is 1. The number of carbonyl (C=O) groups is 1. The lowest BCUT2D eigenvalue weighted by molar-refractivity contribution is -0.134. The molecule has 1 aliphatic heterocycles. The molecule has 0 radical (unpaired) electrons. The molecule has 1 atom stereocenters. The van der Waals surface area contributed by atoms with E-state index in [2.05, 4.69) is 4.98 Å². The third-order valence-corrected chi connectivity index (χ3v) is 5.13. The van der Waals surface area contributed by atoms with Crippen molar-refractivity contribution in [3.05, 3.63) is 82.8 Å². The van der Waals surface area contributed by atoms with Crippen LogP contribution in [0.4, 0.5) is 4.39 Å². The Morgan fingerprint density at radius 2 is 2.10 bits per heavy atom. The number of rotatable bonds is 6. The minimum Gasteiger partial charge on any atom is -0.484 e. The Labute approximate surface area is 173 Å². The summed E-state index contributed by atoms with van der Waals surface area (Å²) in [6.07, 6.45) is 3.96. The number of amides is 1. The summed E-state index contributed by atoms with van der Waals surface area (Å²) >= 11 is 5.92. The molecule has 7 heteroatoms. The molecule has 0 spiro atoms. The monoisotopic (exact) mass is 414 g/mol. The summed E-state index contributed by atoms with van der Waals surface area (Å²) in [5, 5.41) is 0.688. The van der Waals surface area contributed by atoms with E-state index in [1.165, 1.54) is 12.1 Å². The van der Waals surface area contributed by atoms with Gasteiger partial charge in [-0.05, 0) is 42.7 Å². The lowest BCUT2D eigenvalue weighted by atomic mass is 10.1. The van der Waals surface area contributed by atoms with Crippen LogP contribution >= 0.6 is 11.6 Å². The Balaban J connectivity index is 1.39. The normalized spacial score (nSPS) is 16.2. The van der Waals surface area contributed by atoms with Crippen molar-refractivity contribution in [2.45, 2.75) is 25.3 Å². The number of benzene rings is 2. The molecule has 1 unspecified atom stereocenters. The van der Waals surface area contributed by atoms with E-state index >= 15 is 0 Å². The smallest absolute Gasteiger partial charge is 0.261 e. The molecule has 2 aromatic carbocycles. The Kier molecular flexibility index (Phi) is 5.81. The highest BCUT2D eigenvalue weighted by Gasteiger charge is 2.33. The van der Waals surface area contributed by atoms with Gasteiger partial charge in [0.15, 0.2) is 6.61 Å². The van der Waals surface area contributed by atoms with Gasteiger partial charge in [-0.3, -0.25) is 4.79 Å². The SMILES string of the molecule is O=C(COc1cccc(F)c1)N1CCCC1c1ncc(Cc2ccc(Cl)cc2)o1. The highest BCUT2D eigenvalue weighted by atomic mass is 35.5. The second-order valence-electron chi connectivity index (χ2n) is 6.96. The Morgan fingerprint density at radius 1 is 1.28 bits per heavy atom. The maximum absolute atomic E-state index is 13.3. The zero-order chi connectivity index (χ0) is 20.2. The third kappa shape index (κ3) is 4.77. The van der Waals surface area contributed by atoms with Crippen LogP contribution in [-0.4, -0.2) is 28.9 Å². The summed E-state index contributed by atoms with van der Waals surface area (Å²) in [6, 6.07) is 13.1. The summed E-state index contributed by atoms with van der Waals surface area (Å²) in [5.74, 6) is 1.02. The van der Waals surface area contributed by atoms with E-state index in [0.717, 1.165) is 24.2 Å². The van der Waals surface area contributed by atoms with Gasteiger partial charge in [-0.25, -0.2) is 9.37 Å². The van der Waals surface area contributed by atoms with Crippen molar-refractivity contribution in [3.8, 4) is 5.75 Å². The van der Waals surface area contributed by atoms with Crippen molar-refractivity contribution < 1.29 is 18.3 Å². The molecule has 1 aliphatic rings. The molecule has 1 fully saturated rings. The van der Waals surface area contributed by atoms with Crippen molar-refractivity contribution in [1.29, 1.82) is 0 Å². The van der Waals surface area contributed by atoms with E-state index in [0.29, 0.717) is 29.6 Å². The molecule has 5 nitrogen and oxygen atoms in total. The van der Waals surface area contributed by atoms with E-state index in [9.17, 15) is 9.18 Å².